The van der Waals surface area contributed by atoms with E-state index in [0.29, 0.717) is 18.2 Å². The number of pyridine rings is 1. The zero-order valence-electron chi connectivity index (χ0n) is 16.6. The summed E-state index contributed by atoms with van der Waals surface area (Å²) in [7, 11) is 0. The minimum Gasteiger partial charge on any atom is -0.381 e. The van der Waals surface area contributed by atoms with Gasteiger partial charge in [0.05, 0.1) is 17.8 Å². The number of benzene rings is 2. The zero-order valence-corrected chi connectivity index (χ0v) is 16.6. The maximum atomic E-state index is 13.5. The maximum absolute atomic E-state index is 13.5. The third-order valence-electron chi connectivity index (χ3n) is 5.46. The van der Waals surface area contributed by atoms with Crippen molar-refractivity contribution in [2.75, 3.05) is 10.2 Å². The Bertz CT molecular complexity index is 921. The largest absolute Gasteiger partial charge is 0.381 e. The normalized spacial score (nSPS) is 14.3. The summed E-state index contributed by atoms with van der Waals surface area (Å²) < 4.78 is 0. The Labute approximate surface area is 172 Å². The summed E-state index contributed by atoms with van der Waals surface area (Å²) in [5, 5.41) is 3.57. The highest BCUT2D eigenvalue weighted by Crippen LogP contribution is 2.24. The van der Waals surface area contributed by atoms with Crippen molar-refractivity contribution in [1.29, 1.82) is 0 Å². The van der Waals surface area contributed by atoms with Crippen molar-refractivity contribution in [3.05, 3.63) is 90.3 Å². The molecule has 4 heteroatoms. The molecule has 1 aliphatic carbocycles. The standard InChI is InChI=1S/C25H27N3O/c29-25(21-16-23(18-26-17-21)27-22-12-6-2-7-13-22)28(24-14-8-3-9-15-24)19-20-10-4-1-5-11-20/h1,3-5,8-11,14-18,22,27H,2,6-7,12-13,19H2. The molecule has 0 bridgehead atoms. The van der Waals surface area contributed by atoms with Crippen LogP contribution in [0.25, 0.3) is 0 Å². The van der Waals surface area contributed by atoms with Crippen LogP contribution >= 0.6 is 0 Å². The summed E-state index contributed by atoms with van der Waals surface area (Å²) in [6.45, 7) is 0.518. The summed E-state index contributed by atoms with van der Waals surface area (Å²) in [6.07, 6.45) is 9.70. The lowest BCUT2D eigenvalue weighted by molar-refractivity contribution is 0.0985. The van der Waals surface area contributed by atoms with Crippen LogP contribution in [0.2, 0.25) is 0 Å². The van der Waals surface area contributed by atoms with Crippen LogP contribution in [0.4, 0.5) is 11.4 Å². The molecule has 4 rings (SSSR count). The molecule has 0 aliphatic heterocycles. The molecular weight excluding hydrogens is 358 g/mol. The highest BCUT2D eigenvalue weighted by Gasteiger charge is 2.20. The molecule has 4 nitrogen and oxygen atoms in total. The predicted octanol–water partition coefficient (Wildman–Crippen LogP) is 5.67. The highest BCUT2D eigenvalue weighted by molar-refractivity contribution is 6.06. The van der Waals surface area contributed by atoms with Gasteiger partial charge in [0.2, 0.25) is 0 Å². The Kier molecular flexibility index (Phi) is 6.20. The quantitative estimate of drug-likeness (QED) is 0.594. The average molecular weight is 386 g/mol. The Morgan fingerprint density at radius 1 is 0.931 bits per heavy atom. The molecular formula is C25H27N3O. The van der Waals surface area contributed by atoms with Crippen molar-refractivity contribution in [2.24, 2.45) is 0 Å². The second kappa shape index (κ2) is 9.37. The number of para-hydroxylation sites is 1. The first kappa shape index (κ1) is 19.2. The lowest BCUT2D eigenvalue weighted by Gasteiger charge is -2.25. The van der Waals surface area contributed by atoms with Crippen LogP contribution in [0.15, 0.2) is 79.1 Å². The van der Waals surface area contributed by atoms with Crippen LogP contribution < -0.4 is 10.2 Å². The van der Waals surface area contributed by atoms with Crippen molar-refractivity contribution in [3.63, 3.8) is 0 Å². The van der Waals surface area contributed by atoms with Gasteiger partial charge in [-0.05, 0) is 36.6 Å². The van der Waals surface area contributed by atoms with Crippen molar-refractivity contribution >= 4 is 17.3 Å². The Morgan fingerprint density at radius 3 is 2.34 bits per heavy atom. The van der Waals surface area contributed by atoms with Crippen LogP contribution in [-0.4, -0.2) is 16.9 Å². The molecule has 1 N–H and O–H groups in total. The topological polar surface area (TPSA) is 45.2 Å². The van der Waals surface area contributed by atoms with Gasteiger partial charge in [-0.3, -0.25) is 9.78 Å². The third kappa shape index (κ3) is 5.02. The van der Waals surface area contributed by atoms with Gasteiger partial charge >= 0.3 is 0 Å². The van der Waals surface area contributed by atoms with E-state index in [9.17, 15) is 4.79 Å². The van der Waals surface area contributed by atoms with Crippen molar-refractivity contribution in [2.45, 2.75) is 44.7 Å². The third-order valence-corrected chi connectivity index (χ3v) is 5.46. The number of nitrogens with one attached hydrogen (secondary N) is 1. The molecule has 29 heavy (non-hydrogen) atoms. The van der Waals surface area contributed by atoms with Crippen LogP contribution in [0.3, 0.4) is 0 Å². The first-order chi connectivity index (χ1) is 14.3. The van der Waals surface area contributed by atoms with Gasteiger partial charge in [-0.15, -0.1) is 0 Å². The molecule has 0 spiro atoms. The van der Waals surface area contributed by atoms with Crippen molar-refractivity contribution < 1.29 is 4.79 Å². The summed E-state index contributed by atoms with van der Waals surface area (Å²) >= 11 is 0. The number of carbonyl (C=O) groups excluding carboxylic acids is 1. The fourth-order valence-electron chi connectivity index (χ4n) is 3.93. The first-order valence-electron chi connectivity index (χ1n) is 10.4. The van der Waals surface area contributed by atoms with Crippen LogP contribution in [0.5, 0.6) is 0 Å². The number of amides is 1. The molecule has 2 aromatic carbocycles. The van der Waals surface area contributed by atoms with Crippen LogP contribution in [-0.2, 0) is 6.54 Å². The second-order valence-electron chi connectivity index (χ2n) is 7.65. The van der Waals surface area contributed by atoms with Gasteiger partial charge in [-0.2, -0.15) is 0 Å². The molecule has 1 amide bonds. The van der Waals surface area contributed by atoms with Gasteiger partial charge in [-0.1, -0.05) is 67.8 Å². The fraction of sp³-hybridized carbons (Fsp3) is 0.280. The highest BCUT2D eigenvalue weighted by atomic mass is 16.2. The number of hydrogen-bond donors (Lipinski definition) is 1. The number of hydrogen-bond acceptors (Lipinski definition) is 3. The van der Waals surface area contributed by atoms with Gasteiger partial charge in [0.25, 0.3) is 5.91 Å². The number of nitrogens with zero attached hydrogens (tertiary/aromatic N) is 2. The first-order valence-corrected chi connectivity index (χ1v) is 10.4. The van der Waals surface area contributed by atoms with Crippen LogP contribution in [0.1, 0.15) is 48.0 Å². The number of aromatic nitrogens is 1. The van der Waals surface area contributed by atoms with Gasteiger partial charge in [-0.25, -0.2) is 0 Å². The lowest BCUT2D eigenvalue weighted by Crippen LogP contribution is -2.30. The predicted molar refractivity (Wildman–Crippen MR) is 118 cm³/mol. The number of anilines is 2. The number of rotatable bonds is 6. The SMILES string of the molecule is O=C(c1cncc(NC2CCCCC2)c1)N(Cc1ccccc1)c1ccccc1. The zero-order chi connectivity index (χ0) is 19.9. The summed E-state index contributed by atoms with van der Waals surface area (Å²) in [5.74, 6) is -0.0418. The van der Waals surface area contributed by atoms with Crippen molar-refractivity contribution in [1.82, 2.24) is 4.98 Å². The minimum absolute atomic E-state index is 0.0418. The van der Waals surface area contributed by atoms with Crippen LogP contribution in [0, 0.1) is 0 Å². The Morgan fingerprint density at radius 2 is 1.62 bits per heavy atom. The van der Waals surface area contributed by atoms with Crippen molar-refractivity contribution in [3.8, 4) is 0 Å². The summed E-state index contributed by atoms with van der Waals surface area (Å²) in [6, 6.07) is 22.3. The van der Waals surface area contributed by atoms with E-state index in [4.69, 9.17) is 0 Å². The molecule has 0 radical (unpaired) electrons. The van der Waals surface area contributed by atoms with Gasteiger partial charge in [0.1, 0.15) is 0 Å². The molecule has 1 heterocycles. The van der Waals surface area contributed by atoms with E-state index in [0.717, 1.165) is 16.9 Å². The number of carbonyl (C=O) groups is 1. The maximum Gasteiger partial charge on any atom is 0.260 e. The van der Waals surface area contributed by atoms with Gasteiger partial charge in [0, 0.05) is 24.1 Å². The van der Waals surface area contributed by atoms with E-state index in [-0.39, 0.29) is 5.91 Å². The summed E-state index contributed by atoms with van der Waals surface area (Å²) in [5.41, 5.74) is 3.50. The van der Waals surface area contributed by atoms with E-state index in [1.165, 1.54) is 32.1 Å². The van der Waals surface area contributed by atoms with E-state index >= 15 is 0 Å². The van der Waals surface area contributed by atoms with E-state index in [1.54, 1.807) is 6.20 Å². The second-order valence-corrected chi connectivity index (χ2v) is 7.65. The van der Waals surface area contributed by atoms with E-state index in [2.05, 4.69) is 10.3 Å². The lowest BCUT2D eigenvalue weighted by atomic mass is 9.95. The molecule has 1 saturated carbocycles. The van der Waals surface area contributed by atoms with Gasteiger partial charge in [0.15, 0.2) is 0 Å². The fourth-order valence-corrected chi connectivity index (χ4v) is 3.93. The smallest absolute Gasteiger partial charge is 0.260 e. The molecule has 1 fully saturated rings. The molecule has 148 valence electrons. The molecule has 0 unspecified atom stereocenters. The molecule has 3 aromatic rings. The molecule has 0 saturated heterocycles. The summed E-state index contributed by atoms with van der Waals surface area (Å²) in [4.78, 5) is 19.6. The Balaban J connectivity index is 1.57. The van der Waals surface area contributed by atoms with Gasteiger partial charge < -0.3 is 10.2 Å². The molecule has 0 atom stereocenters. The van der Waals surface area contributed by atoms with E-state index in [1.807, 2.05) is 77.8 Å². The van der Waals surface area contributed by atoms with E-state index < -0.39 is 0 Å². The monoisotopic (exact) mass is 385 g/mol. The Hall–Kier alpha value is -3.14. The molecule has 1 aliphatic rings. The minimum atomic E-state index is -0.0418. The molecule has 1 aromatic heterocycles. The average Bonchev–Trinajstić information content (AvgIpc) is 2.79.